The van der Waals surface area contributed by atoms with E-state index in [1.54, 1.807) is 4.68 Å². The van der Waals surface area contributed by atoms with Gasteiger partial charge >= 0.3 is 5.97 Å². The van der Waals surface area contributed by atoms with Crippen LogP contribution in [0.25, 0.3) is 0 Å². The van der Waals surface area contributed by atoms with Gasteiger partial charge in [0.2, 0.25) is 0 Å². The van der Waals surface area contributed by atoms with Gasteiger partial charge in [0.05, 0.1) is 11.7 Å². The van der Waals surface area contributed by atoms with Gasteiger partial charge in [-0.15, -0.1) is 5.10 Å². The van der Waals surface area contributed by atoms with Gasteiger partial charge in [-0.25, -0.2) is 9.48 Å². The summed E-state index contributed by atoms with van der Waals surface area (Å²) in [7, 11) is 0. The van der Waals surface area contributed by atoms with Crippen molar-refractivity contribution in [2.75, 3.05) is 0 Å². The van der Waals surface area contributed by atoms with E-state index in [0.29, 0.717) is 5.92 Å². The van der Waals surface area contributed by atoms with Crippen LogP contribution in [0.1, 0.15) is 61.3 Å². The van der Waals surface area contributed by atoms with Gasteiger partial charge in [0, 0.05) is 5.92 Å². The lowest BCUT2D eigenvalue weighted by Gasteiger charge is -2.11. The van der Waals surface area contributed by atoms with Crippen molar-refractivity contribution in [3.8, 4) is 0 Å². The van der Waals surface area contributed by atoms with Crippen LogP contribution in [0.3, 0.4) is 0 Å². The van der Waals surface area contributed by atoms with Crippen LogP contribution in [0.4, 0.5) is 0 Å². The zero-order chi connectivity index (χ0) is 11.0. The zero-order valence-corrected chi connectivity index (χ0v) is 8.97. The first kappa shape index (κ1) is 10.1. The third-order valence-electron chi connectivity index (χ3n) is 2.91. The van der Waals surface area contributed by atoms with E-state index in [0.717, 1.165) is 25.0 Å². The molecule has 1 aromatic rings. The standard InChI is InChI=1S/C10H15N3O2/c1-3-6(2)13-9(7-4-5-7)8(10(14)15)11-12-13/h6-7H,3-5H2,1-2H3,(H,14,15). The molecule has 0 bridgehead atoms. The third-order valence-corrected chi connectivity index (χ3v) is 2.91. The molecule has 1 aromatic heterocycles. The highest BCUT2D eigenvalue weighted by atomic mass is 16.4. The zero-order valence-electron chi connectivity index (χ0n) is 8.97. The van der Waals surface area contributed by atoms with Gasteiger partial charge in [-0.05, 0) is 26.2 Å². The molecule has 1 saturated carbocycles. The predicted octanol–water partition coefficient (Wildman–Crippen LogP) is 1.82. The Morgan fingerprint density at radius 2 is 2.33 bits per heavy atom. The van der Waals surface area contributed by atoms with Crippen molar-refractivity contribution in [3.05, 3.63) is 11.4 Å². The molecule has 1 atom stereocenters. The van der Waals surface area contributed by atoms with Crippen LogP contribution < -0.4 is 0 Å². The van der Waals surface area contributed by atoms with Crippen LogP contribution in [-0.4, -0.2) is 26.1 Å². The summed E-state index contributed by atoms with van der Waals surface area (Å²) in [4.78, 5) is 11.0. The number of rotatable bonds is 4. The molecule has 15 heavy (non-hydrogen) atoms. The molecule has 0 amide bonds. The summed E-state index contributed by atoms with van der Waals surface area (Å²) in [5.41, 5.74) is 0.953. The molecule has 0 radical (unpaired) electrons. The number of carboxylic acid groups (broad SMARTS) is 1. The highest BCUT2D eigenvalue weighted by Gasteiger charge is 2.34. The minimum Gasteiger partial charge on any atom is -0.476 e. The Balaban J connectivity index is 2.42. The van der Waals surface area contributed by atoms with E-state index in [1.165, 1.54) is 0 Å². The quantitative estimate of drug-likeness (QED) is 0.821. The van der Waals surface area contributed by atoms with E-state index in [-0.39, 0.29) is 11.7 Å². The summed E-state index contributed by atoms with van der Waals surface area (Å²) in [6.45, 7) is 4.09. The van der Waals surface area contributed by atoms with Gasteiger partial charge < -0.3 is 5.11 Å². The number of nitrogens with zero attached hydrogens (tertiary/aromatic N) is 3. The third kappa shape index (κ3) is 1.73. The minimum absolute atomic E-state index is 0.137. The monoisotopic (exact) mass is 209 g/mol. The van der Waals surface area contributed by atoms with E-state index in [1.807, 2.05) is 6.92 Å². The smallest absolute Gasteiger partial charge is 0.358 e. The van der Waals surface area contributed by atoms with E-state index in [9.17, 15) is 4.79 Å². The Morgan fingerprint density at radius 3 is 2.80 bits per heavy atom. The van der Waals surface area contributed by atoms with Gasteiger partial charge in [-0.1, -0.05) is 12.1 Å². The molecule has 1 unspecified atom stereocenters. The van der Waals surface area contributed by atoms with Crippen LogP contribution in [0.15, 0.2) is 0 Å². The number of carboxylic acids is 1. The fourth-order valence-electron chi connectivity index (χ4n) is 1.69. The Bertz CT molecular complexity index is 382. The Hall–Kier alpha value is -1.39. The molecule has 2 rings (SSSR count). The topological polar surface area (TPSA) is 68.0 Å². The summed E-state index contributed by atoms with van der Waals surface area (Å²) in [5.74, 6) is -0.605. The van der Waals surface area contributed by atoms with Gasteiger partial charge in [-0.2, -0.15) is 0 Å². The lowest BCUT2D eigenvalue weighted by Crippen LogP contribution is -2.11. The SMILES string of the molecule is CCC(C)n1nnc(C(=O)O)c1C1CC1. The maximum Gasteiger partial charge on any atom is 0.358 e. The number of aromatic carboxylic acids is 1. The minimum atomic E-state index is -0.966. The van der Waals surface area contributed by atoms with Crippen LogP contribution >= 0.6 is 0 Å². The summed E-state index contributed by atoms with van der Waals surface area (Å²) in [5, 5.41) is 16.7. The maximum atomic E-state index is 11.0. The summed E-state index contributed by atoms with van der Waals surface area (Å²) in [6.07, 6.45) is 3.05. The van der Waals surface area contributed by atoms with Crippen molar-refractivity contribution >= 4 is 5.97 Å². The largest absolute Gasteiger partial charge is 0.476 e. The van der Waals surface area contributed by atoms with Gasteiger partial charge in [0.25, 0.3) is 0 Å². The molecule has 1 aliphatic rings. The number of hydrogen-bond donors (Lipinski definition) is 1. The molecule has 0 aromatic carbocycles. The lowest BCUT2D eigenvalue weighted by molar-refractivity contribution is 0.0689. The van der Waals surface area contributed by atoms with Gasteiger partial charge in [0.1, 0.15) is 0 Å². The number of carbonyl (C=O) groups is 1. The molecular weight excluding hydrogens is 194 g/mol. The fourth-order valence-corrected chi connectivity index (χ4v) is 1.69. The molecule has 0 saturated heterocycles. The van der Waals surface area contributed by atoms with Crippen LogP contribution in [0.5, 0.6) is 0 Å². The molecule has 1 heterocycles. The fraction of sp³-hybridized carbons (Fsp3) is 0.700. The molecular formula is C10H15N3O2. The molecule has 5 nitrogen and oxygen atoms in total. The lowest BCUT2D eigenvalue weighted by atomic mass is 10.2. The van der Waals surface area contributed by atoms with Gasteiger partial charge in [0.15, 0.2) is 5.69 Å². The van der Waals surface area contributed by atoms with E-state index in [4.69, 9.17) is 5.11 Å². The van der Waals surface area contributed by atoms with Crippen molar-refractivity contribution in [3.63, 3.8) is 0 Å². The molecule has 1 N–H and O–H groups in total. The first-order valence-electron chi connectivity index (χ1n) is 5.33. The van der Waals surface area contributed by atoms with Gasteiger partial charge in [-0.3, -0.25) is 0 Å². The van der Waals surface area contributed by atoms with Crippen LogP contribution in [0.2, 0.25) is 0 Å². The number of aromatic nitrogens is 3. The molecule has 0 spiro atoms. The molecule has 0 aliphatic heterocycles. The first-order chi connectivity index (χ1) is 7.15. The predicted molar refractivity (Wildman–Crippen MR) is 54.0 cm³/mol. The van der Waals surface area contributed by atoms with E-state index >= 15 is 0 Å². The Morgan fingerprint density at radius 1 is 1.67 bits per heavy atom. The maximum absolute atomic E-state index is 11.0. The molecule has 1 aliphatic carbocycles. The van der Waals surface area contributed by atoms with Crippen molar-refractivity contribution in [2.45, 2.75) is 45.1 Å². The van der Waals surface area contributed by atoms with Crippen molar-refractivity contribution < 1.29 is 9.90 Å². The second-order valence-electron chi connectivity index (χ2n) is 4.10. The highest BCUT2D eigenvalue weighted by Crippen LogP contribution is 2.42. The van der Waals surface area contributed by atoms with E-state index in [2.05, 4.69) is 17.2 Å². The van der Waals surface area contributed by atoms with Crippen molar-refractivity contribution in [1.82, 2.24) is 15.0 Å². The Kier molecular flexibility index (Phi) is 2.46. The summed E-state index contributed by atoms with van der Waals surface area (Å²) in [6, 6.07) is 0.223. The summed E-state index contributed by atoms with van der Waals surface area (Å²) < 4.78 is 1.78. The average molecular weight is 209 g/mol. The van der Waals surface area contributed by atoms with E-state index < -0.39 is 5.97 Å². The van der Waals surface area contributed by atoms with Crippen LogP contribution in [0, 0.1) is 0 Å². The van der Waals surface area contributed by atoms with Crippen LogP contribution in [-0.2, 0) is 0 Å². The first-order valence-corrected chi connectivity index (χ1v) is 5.33. The molecule has 5 heteroatoms. The van der Waals surface area contributed by atoms with Crippen molar-refractivity contribution in [2.24, 2.45) is 0 Å². The highest BCUT2D eigenvalue weighted by molar-refractivity contribution is 5.86. The molecule has 82 valence electrons. The summed E-state index contributed by atoms with van der Waals surface area (Å²) >= 11 is 0. The number of hydrogen-bond acceptors (Lipinski definition) is 3. The van der Waals surface area contributed by atoms with Crippen molar-refractivity contribution in [1.29, 1.82) is 0 Å². The second-order valence-corrected chi connectivity index (χ2v) is 4.10. The normalized spacial score (nSPS) is 17.7. The Labute approximate surface area is 88.1 Å². The average Bonchev–Trinajstić information content (AvgIpc) is 2.95. The second kappa shape index (κ2) is 3.64. The molecule has 1 fully saturated rings.